The first-order chi connectivity index (χ1) is 11.4. The number of hydrogen-bond donors (Lipinski definition) is 1. The average molecular weight is 346 g/mol. The van der Waals surface area contributed by atoms with Gasteiger partial charge in [0.05, 0.1) is 11.2 Å². The van der Waals surface area contributed by atoms with Crippen molar-refractivity contribution in [2.24, 2.45) is 0 Å². The first-order valence-corrected chi connectivity index (χ1v) is 8.84. The van der Waals surface area contributed by atoms with Crippen LogP contribution in [0.5, 0.6) is 0 Å². The van der Waals surface area contributed by atoms with Gasteiger partial charge in [0.2, 0.25) is 0 Å². The largest absolute Gasteiger partial charge is 0.494 e. The van der Waals surface area contributed by atoms with Crippen molar-refractivity contribution < 1.29 is 14.1 Å². The van der Waals surface area contributed by atoms with Crippen molar-refractivity contribution in [2.45, 2.75) is 52.7 Å². The number of rotatable bonds is 5. The molecule has 0 spiro atoms. The number of benzene rings is 1. The quantitative estimate of drug-likeness (QED) is 0.828. The molecule has 1 aliphatic heterocycles. The maximum absolute atomic E-state index is 12.5. The fourth-order valence-electron chi connectivity index (χ4n) is 2.95. The van der Waals surface area contributed by atoms with E-state index in [0.717, 1.165) is 28.7 Å². The Balaban J connectivity index is 2.19. The number of carbonyl (C=O) groups excluding carboxylic acids is 1. The van der Waals surface area contributed by atoms with E-state index in [2.05, 4.69) is 5.32 Å². The Bertz CT molecular complexity index is 617. The molecule has 1 amide bonds. The maximum Gasteiger partial charge on any atom is 0.494 e. The second-order valence-electron chi connectivity index (χ2n) is 8.18. The molecule has 1 aromatic carbocycles. The lowest BCUT2D eigenvalue weighted by Crippen LogP contribution is -2.41. The van der Waals surface area contributed by atoms with E-state index in [0.29, 0.717) is 6.54 Å². The van der Waals surface area contributed by atoms with E-state index in [1.54, 1.807) is 0 Å². The maximum atomic E-state index is 12.5. The van der Waals surface area contributed by atoms with Gasteiger partial charge in [-0.05, 0) is 72.2 Å². The lowest BCUT2D eigenvalue weighted by atomic mass is 9.76. The van der Waals surface area contributed by atoms with Crippen LogP contribution in [0, 0.1) is 13.8 Å². The molecule has 0 saturated carbocycles. The highest BCUT2D eigenvalue weighted by molar-refractivity contribution is 6.62. The van der Waals surface area contributed by atoms with Crippen LogP contribution in [0.1, 0.15) is 49.2 Å². The van der Waals surface area contributed by atoms with Crippen molar-refractivity contribution in [3.63, 3.8) is 0 Å². The molecule has 1 aromatic rings. The van der Waals surface area contributed by atoms with Gasteiger partial charge in [-0.25, -0.2) is 0 Å². The summed E-state index contributed by atoms with van der Waals surface area (Å²) in [5.74, 6) is -0.0303. The summed E-state index contributed by atoms with van der Waals surface area (Å²) in [7, 11) is 3.57. The van der Waals surface area contributed by atoms with Gasteiger partial charge in [0.1, 0.15) is 0 Å². The van der Waals surface area contributed by atoms with Crippen LogP contribution >= 0.6 is 0 Å². The Labute approximate surface area is 152 Å². The monoisotopic (exact) mass is 346 g/mol. The number of nitrogens with one attached hydrogen (secondary N) is 1. The smallest absolute Gasteiger partial charge is 0.399 e. The minimum Gasteiger partial charge on any atom is -0.399 e. The molecule has 1 aliphatic rings. The van der Waals surface area contributed by atoms with Crippen molar-refractivity contribution in [3.05, 3.63) is 28.8 Å². The van der Waals surface area contributed by atoms with E-state index in [1.165, 1.54) is 0 Å². The topological polar surface area (TPSA) is 50.8 Å². The van der Waals surface area contributed by atoms with Gasteiger partial charge in [-0.15, -0.1) is 0 Å². The lowest BCUT2D eigenvalue weighted by Gasteiger charge is -2.32. The molecule has 0 atom stereocenters. The summed E-state index contributed by atoms with van der Waals surface area (Å²) in [6, 6.07) is 3.99. The van der Waals surface area contributed by atoms with Crippen LogP contribution in [0.25, 0.3) is 0 Å². The molecule has 1 heterocycles. The number of aryl methyl sites for hydroxylation is 2. The Hall–Kier alpha value is -1.37. The van der Waals surface area contributed by atoms with Gasteiger partial charge in [-0.3, -0.25) is 4.79 Å². The third-order valence-corrected chi connectivity index (χ3v) is 5.15. The summed E-state index contributed by atoms with van der Waals surface area (Å²) in [6.45, 7) is 13.5. The van der Waals surface area contributed by atoms with Crippen molar-refractivity contribution in [3.8, 4) is 0 Å². The van der Waals surface area contributed by atoms with Crippen LogP contribution in [0.2, 0.25) is 0 Å². The lowest BCUT2D eigenvalue weighted by molar-refractivity contribution is 0.00578. The summed E-state index contributed by atoms with van der Waals surface area (Å²) in [5.41, 5.74) is 2.82. The zero-order valence-electron chi connectivity index (χ0n) is 16.8. The van der Waals surface area contributed by atoms with Gasteiger partial charge in [0.25, 0.3) is 5.91 Å². The first kappa shape index (κ1) is 20.0. The predicted octanol–water partition coefficient (Wildman–Crippen LogP) is 1.89. The molecular formula is C19H31BN2O3. The van der Waals surface area contributed by atoms with Gasteiger partial charge in [-0.2, -0.15) is 0 Å². The highest BCUT2D eigenvalue weighted by Gasteiger charge is 2.51. The molecule has 2 rings (SSSR count). The van der Waals surface area contributed by atoms with Crippen molar-refractivity contribution >= 4 is 18.5 Å². The molecule has 0 unspecified atom stereocenters. The zero-order valence-corrected chi connectivity index (χ0v) is 16.8. The van der Waals surface area contributed by atoms with E-state index < -0.39 is 7.12 Å². The molecular weight excluding hydrogens is 315 g/mol. The Morgan fingerprint density at radius 3 is 2.00 bits per heavy atom. The zero-order chi connectivity index (χ0) is 19.0. The number of amides is 1. The first-order valence-electron chi connectivity index (χ1n) is 8.84. The third kappa shape index (κ3) is 4.25. The summed E-state index contributed by atoms with van der Waals surface area (Å²) in [6.07, 6.45) is 0. The molecule has 0 radical (unpaired) electrons. The van der Waals surface area contributed by atoms with E-state index >= 15 is 0 Å². The third-order valence-electron chi connectivity index (χ3n) is 5.15. The standard InChI is InChI=1S/C19H31BN2O3/c1-13-11-15(20-24-18(3,4)19(5,6)25-20)12-14(2)16(13)17(23)21-9-10-22(7)8/h11-12H,9-10H2,1-8H3,(H,21,23). The van der Waals surface area contributed by atoms with Crippen LogP contribution in [-0.4, -0.2) is 56.3 Å². The molecule has 5 nitrogen and oxygen atoms in total. The van der Waals surface area contributed by atoms with E-state index in [4.69, 9.17) is 9.31 Å². The average Bonchev–Trinajstić information content (AvgIpc) is 2.66. The number of likely N-dealkylation sites (N-methyl/N-ethyl adjacent to an activating group) is 1. The Kier molecular flexibility index (Phi) is 5.67. The molecule has 25 heavy (non-hydrogen) atoms. The van der Waals surface area contributed by atoms with Gasteiger partial charge in [0, 0.05) is 18.7 Å². The van der Waals surface area contributed by atoms with Crippen LogP contribution in [0.3, 0.4) is 0 Å². The summed E-state index contributed by atoms with van der Waals surface area (Å²) >= 11 is 0. The van der Waals surface area contributed by atoms with Gasteiger partial charge >= 0.3 is 7.12 Å². The normalized spacial score (nSPS) is 18.7. The van der Waals surface area contributed by atoms with E-state index in [9.17, 15) is 4.79 Å². The highest BCUT2D eigenvalue weighted by Crippen LogP contribution is 2.36. The van der Waals surface area contributed by atoms with Crippen LogP contribution in [0.4, 0.5) is 0 Å². The van der Waals surface area contributed by atoms with E-state index in [-0.39, 0.29) is 17.1 Å². The molecule has 0 aliphatic carbocycles. The van der Waals surface area contributed by atoms with Gasteiger partial charge in [-0.1, -0.05) is 12.1 Å². The van der Waals surface area contributed by atoms with Crippen LogP contribution in [-0.2, 0) is 9.31 Å². The van der Waals surface area contributed by atoms with Crippen molar-refractivity contribution in [1.29, 1.82) is 0 Å². The SMILES string of the molecule is Cc1cc(B2OC(C)(C)C(C)(C)O2)cc(C)c1C(=O)NCCN(C)C. The molecule has 1 N–H and O–H groups in total. The summed E-state index contributed by atoms with van der Waals surface area (Å²) in [5, 5.41) is 2.98. The minimum atomic E-state index is -0.409. The number of carbonyl (C=O) groups is 1. The van der Waals surface area contributed by atoms with Crippen LogP contribution in [0.15, 0.2) is 12.1 Å². The summed E-state index contributed by atoms with van der Waals surface area (Å²) in [4.78, 5) is 14.6. The van der Waals surface area contributed by atoms with Crippen molar-refractivity contribution in [1.82, 2.24) is 10.2 Å². The number of nitrogens with zero attached hydrogens (tertiary/aromatic N) is 1. The Morgan fingerprint density at radius 1 is 1.08 bits per heavy atom. The molecule has 0 bridgehead atoms. The fraction of sp³-hybridized carbons (Fsp3) is 0.632. The molecule has 6 heteroatoms. The molecule has 1 fully saturated rings. The fourth-order valence-corrected chi connectivity index (χ4v) is 2.95. The second kappa shape index (κ2) is 7.10. The molecule has 0 aromatic heterocycles. The van der Waals surface area contributed by atoms with Crippen LogP contribution < -0.4 is 10.8 Å². The van der Waals surface area contributed by atoms with Gasteiger partial charge in [0.15, 0.2) is 0 Å². The summed E-state index contributed by atoms with van der Waals surface area (Å²) < 4.78 is 12.2. The number of hydrogen-bond acceptors (Lipinski definition) is 4. The minimum absolute atomic E-state index is 0.0303. The Morgan fingerprint density at radius 2 is 1.56 bits per heavy atom. The van der Waals surface area contributed by atoms with E-state index in [1.807, 2.05) is 72.7 Å². The molecule has 1 saturated heterocycles. The highest BCUT2D eigenvalue weighted by atomic mass is 16.7. The van der Waals surface area contributed by atoms with Crippen molar-refractivity contribution in [2.75, 3.05) is 27.2 Å². The predicted molar refractivity (Wildman–Crippen MR) is 103 cm³/mol. The van der Waals surface area contributed by atoms with Gasteiger partial charge < -0.3 is 19.5 Å². The molecule has 138 valence electrons. The second-order valence-corrected chi connectivity index (χ2v) is 8.18.